The molecule has 0 radical (unpaired) electrons. The number of carbonyl (C=O) groups excluding carboxylic acids is 2. The van der Waals surface area contributed by atoms with Crippen LogP contribution in [0.3, 0.4) is 0 Å². The molecular formula is C24H29N3O3S2. The standard InChI is InChI=1S/C24H29N3O3S2/c1-5-30-13-12-27-21-11-8-19(25-17(4)28)15-22(21)32-24(27)26-23(29)14-18-6-9-20(10-7-18)31-16(2)3/h6-11,15-16H,5,12-14H2,1-4H3,(H,25,28). The largest absolute Gasteiger partial charge is 0.380 e. The molecule has 2 aromatic carbocycles. The lowest BCUT2D eigenvalue weighted by Crippen LogP contribution is -2.20. The number of thiazole rings is 1. The number of benzene rings is 2. The first kappa shape index (κ1) is 24.2. The van der Waals surface area contributed by atoms with Gasteiger partial charge in [-0.15, -0.1) is 11.8 Å². The van der Waals surface area contributed by atoms with E-state index in [0.29, 0.717) is 29.8 Å². The molecule has 0 saturated carbocycles. The summed E-state index contributed by atoms with van der Waals surface area (Å²) in [5.74, 6) is -0.309. The van der Waals surface area contributed by atoms with Crippen LogP contribution in [0.25, 0.3) is 10.2 Å². The minimum atomic E-state index is -0.187. The van der Waals surface area contributed by atoms with Crippen molar-refractivity contribution in [2.24, 2.45) is 4.99 Å². The molecule has 0 spiro atoms. The number of rotatable bonds is 9. The molecule has 0 aliphatic heterocycles. The van der Waals surface area contributed by atoms with E-state index in [0.717, 1.165) is 21.5 Å². The van der Waals surface area contributed by atoms with Crippen molar-refractivity contribution in [1.29, 1.82) is 0 Å². The molecule has 1 heterocycles. The highest BCUT2D eigenvalue weighted by Gasteiger charge is 2.10. The van der Waals surface area contributed by atoms with Crippen molar-refractivity contribution >= 4 is 50.8 Å². The first-order chi connectivity index (χ1) is 15.4. The van der Waals surface area contributed by atoms with Crippen LogP contribution in [-0.2, 0) is 27.3 Å². The Bertz CT molecular complexity index is 1150. The molecule has 32 heavy (non-hydrogen) atoms. The molecule has 0 saturated heterocycles. The minimum Gasteiger partial charge on any atom is -0.380 e. The van der Waals surface area contributed by atoms with E-state index in [2.05, 4.69) is 36.3 Å². The molecule has 6 nitrogen and oxygen atoms in total. The van der Waals surface area contributed by atoms with Crippen molar-refractivity contribution in [2.45, 2.75) is 50.8 Å². The summed E-state index contributed by atoms with van der Waals surface area (Å²) >= 11 is 3.24. The van der Waals surface area contributed by atoms with Gasteiger partial charge in [-0.25, -0.2) is 0 Å². The number of fused-ring (bicyclic) bond motifs is 1. The van der Waals surface area contributed by atoms with E-state index in [9.17, 15) is 9.59 Å². The molecular weight excluding hydrogens is 442 g/mol. The van der Waals surface area contributed by atoms with Crippen LogP contribution in [-0.4, -0.2) is 34.8 Å². The van der Waals surface area contributed by atoms with Crippen molar-refractivity contribution in [1.82, 2.24) is 4.57 Å². The second-order valence-electron chi connectivity index (χ2n) is 7.59. The number of ether oxygens (including phenoxy) is 1. The molecule has 1 aromatic heterocycles. The minimum absolute atomic E-state index is 0.122. The van der Waals surface area contributed by atoms with Gasteiger partial charge >= 0.3 is 0 Å². The smallest absolute Gasteiger partial charge is 0.252 e. The summed E-state index contributed by atoms with van der Waals surface area (Å²) in [5.41, 5.74) is 2.63. The SMILES string of the molecule is CCOCCn1c(=NC(=O)Cc2ccc(SC(C)C)cc2)sc2cc(NC(C)=O)ccc21. The average molecular weight is 472 g/mol. The normalized spacial score (nSPS) is 12.0. The summed E-state index contributed by atoms with van der Waals surface area (Å²) < 4.78 is 8.49. The van der Waals surface area contributed by atoms with Gasteiger partial charge in [0.1, 0.15) is 0 Å². The lowest BCUT2D eigenvalue weighted by Gasteiger charge is -2.07. The van der Waals surface area contributed by atoms with Crippen molar-refractivity contribution in [3.8, 4) is 0 Å². The molecule has 3 rings (SSSR count). The van der Waals surface area contributed by atoms with Gasteiger partial charge in [0.15, 0.2) is 4.80 Å². The maximum absolute atomic E-state index is 12.7. The first-order valence-electron chi connectivity index (χ1n) is 10.7. The third kappa shape index (κ3) is 6.79. The summed E-state index contributed by atoms with van der Waals surface area (Å²) in [7, 11) is 0. The molecule has 0 aliphatic rings. The molecule has 170 valence electrons. The Morgan fingerprint density at radius 2 is 1.94 bits per heavy atom. The molecule has 8 heteroatoms. The number of nitrogens with zero attached hydrogens (tertiary/aromatic N) is 2. The first-order valence-corrected chi connectivity index (χ1v) is 12.4. The number of nitrogens with one attached hydrogen (secondary N) is 1. The highest BCUT2D eigenvalue weighted by molar-refractivity contribution is 7.99. The van der Waals surface area contributed by atoms with Crippen molar-refractivity contribution < 1.29 is 14.3 Å². The third-order valence-electron chi connectivity index (χ3n) is 4.54. The highest BCUT2D eigenvalue weighted by Crippen LogP contribution is 2.24. The van der Waals surface area contributed by atoms with Gasteiger partial charge in [0.2, 0.25) is 5.91 Å². The molecule has 0 aliphatic carbocycles. The predicted octanol–water partition coefficient (Wildman–Crippen LogP) is 4.87. The van der Waals surface area contributed by atoms with Gasteiger partial charge in [0.05, 0.1) is 23.2 Å². The van der Waals surface area contributed by atoms with Crippen LogP contribution >= 0.6 is 23.1 Å². The van der Waals surface area contributed by atoms with Crippen LogP contribution in [0, 0.1) is 0 Å². The van der Waals surface area contributed by atoms with Crippen molar-refractivity contribution in [2.75, 3.05) is 18.5 Å². The number of amides is 2. The molecule has 0 bridgehead atoms. The second kappa shape index (κ2) is 11.4. The summed E-state index contributed by atoms with van der Waals surface area (Å²) in [6, 6.07) is 13.8. The highest BCUT2D eigenvalue weighted by atomic mass is 32.2. The lowest BCUT2D eigenvalue weighted by atomic mass is 10.1. The van der Waals surface area contributed by atoms with E-state index in [1.54, 1.807) is 11.8 Å². The van der Waals surface area contributed by atoms with E-state index in [1.165, 1.54) is 23.2 Å². The Morgan fingerprint density at radius 3 is 2.59 bits per heavy atom. The number of aromatic nitrogens is 1. The van der Waals surface area contributed by atoms with Gasteiger partial charge in [0.25, 0.3) is 5.91 Å². The van der Waals surface area contributed by atoms with Crippen LogP contribution in [0.5, 0.6) is 0 Å². The predicted molar refractivity (Wildman–Crippen MR) is 132 cm³/mol. The second-order valence-corrected chi connectivity index (χ2v) is 10.2. The lowest BCUT2D eigenvalue weighted by molar-refractivity contribution is -0.117. The quantitative estimate of drug-likeness (QED) is 0.357. The van der Waals surface area contributed by atoms with Crippen molar-refractivity contribution in [3.05, 3.63) is 52.8 Å². The van der Waals surface area contributed by atoms with Crippen LogP contribution in [0.4, 0.5) is 5.69 Å². The Morgan fingerprint density at radius 1 is 1.19 bits per heavy atom. The average Bonchev–Trinajstić information content (AvgIpc) is 3.05. The summed E-state index contributed by atoms with van der Waals surface area (Å²) in [5, 5.41) is 3.32. The molecule has 0 fully saturated rings. The monoisotopic (exact) mass is 471 g/mol. The van der Waals surface area contributed by atoms with Crippen LogP contribution in [0.2, 0.25) is 0 Å². The van der Waals surface area contributed by atoms with Crippen LogP contribution < -0.4 is 10.1 Å². The Kier molecular flexibility index (Phi) is 8.67. The van der Waals surface area contributed by atoms with Gasteiger partial charge < -0.3 is 14.6 Å². The zero-order valence-corrected chi connectivity index (χ0v) is 20.5. The summed E-state index contributed by atoms with van der Waals surface area (Å²) in [6.07, 6.45) is 0.253. The number of anilines is 1. The Balaban J connectivity index is 1.87. The van der Waals surface area contributed by atoms with E-state index in [-0.39, 0.29) is 18.2 Å². The number of hydrogen-bond donors (Lipinski definition) is 1. The number of thioether (sulfide) groups is 1. The maximum Gasteiger partial charge on any atom is 0.252 e. The molecule has 3 aromatic rings. The van der Waals surface area contributed by atoms with Gasteiger partial charge in [0, 0.05) is 35.9 Å². The van der Waals surface area contributed by atoms with Gasteiger partial charge in [-0.3, -0.25) is 9.59 Å². The van der Waals surface area contributed by atoms with Crippen LogP contribution in [0.15, 0.2) is 52.4 Å². The fourth-order valence-electron chi connectivity index (χ4n) is 3.23. The van der Waals surface area contributed by atoms with Crippen LogP contribution in [0.1, 0.15) is 33.3 Å². The van der Waals surface area contributed by atoms with Gasteiger partial charge in [-0.1, -0.05) is 37.3 Å². The Labute approximate surface area is 196 Å². The fraction of sp³-hybridized carbons (Fsp3) is 0.375. The van der Waals surface area contributed by atoms with Crippen molar-refractivity contribution in [3.63, 3.8) is 0 Å². The fourth-order valence-corrected chi connectivity index (χ4v) is 5.18. The van der Waals surface area contributed by atoms with Gasteiger partial charge in [-0.2, -0.15) is 4.99 Å². The molecule has 2 amide bonds. The molecule has 0 unspecified atom stereocenters. The summed E-state index contributed by atoms with van der Waals surface area (Å²) in [4.78, 5) is 30.4. The Hall–Kier alpha value is -2.42. The van der Waals surface area contributed by atoms with E-state index in [1.807, 2.05) is 41.8 Å². The van der Waals surface area contributed by atoms with E-state index >= 15 is 0 Å². The topological polar surface area (TPSA) is 72.7 Å². The zero-order chi connectivity index (χ0) is 23.1. The van der Waals surface area contributed by atoms with E-state index in [4.69, 9.17) is 4.74 Å². The van der Waals surface area contributed by atoms with Gasteiger partial charge in [-0.05, 0) is 42.8 Å². The number of carbonyl (C=O) groups is 2. The number of hydrogen-bond acceptors (Lipinski definition) is 5. The molecule has 1 N–H and O–H groups in total. The third-order valence-corrected chi connectivity index (χ3v) is 6.59. The van der Waals surface area contributed by atoms with E-state index < -0.39 is 0 Å². The molecule has 0 atom stereocenters. The zero-order valence-electron chi connectivity index (χ0n) is 18.9. The maximum atomic E-state index is 12.7. The summed E-state index contributed by atoms with van der Waals surface area (Å²) in [6.45, 7) is 9.51.